The lowest BCUT2D eigenvalue weighted by molar-refractivity contribution is 0.0277. The molecule has 0 radical (unpaired) electrons. The van der Waals surface area contributed by atoms with Gasteiger partial charge in [-0.05, 0) is 54.9 Å². The van der Waals surface area contributed by atoms with Crippen LogP contribution in [-0.2, 0) is 22.3 Å². The first kappa shape index (κ1) is 20.7. The zero-order chi connectivity index (χ0) is 17.8. The van der Waals surface area contributed by atoms with E-state index in [1.165, 1.54) is 11.1 Å². The van der Waals surface area contributed by atoms with Crippen LogP contribution in [-0.4, -0.2) is 25.8 Å². The number of unbranched alkanes of at least 4 members (excludes halogenated alkanes) is 2. The summed E-state index contributed by atoms with van der Waals surface area (Å²) < 4.78 is 10.8. The van der Waals surface area contributed by atoms with Gasteiger partial charge in [0.25, 0.3) is 0 Å². The van der Waals surface area contributed by atoms with Crippen LogP contribution in [0.25, 0.3) is 0 Å². The average Bonchev–Trinajstić information content (AvgIpc) is 2.57. The Morgan fingerprint density at radius 2 is 1.54 bits per heavy atom. The summed E-state index contributed by atoms with van der Waals surface area (Å²) in [5.41, 5.74) is 3.17. The molecule has 0 N–H and O–H groups in total. The Morgan fingerprint density at radius 3 is 2.04 bits per heavy atom. The van der Waals surface area contributed by atoms with Crippen LogP contribution in [0.4, 0.5) is 0 Å². The lowest BCUT2D eigenvalue weighted by Crippen LogP contribution is -2.13. The predicted molar refractivity (Wildman–Crippen MR) is 99.6 cm³/mol. The van der Waals surface area contributed by atoms with Crippen LogP contribution in [0, 0.1) is 5.92 Å². The molecule has 136 valence electrons. The molecule has 0 aromatic heterocycles. The van der Waals surface area contributed by atoms with Gasteiger partial charge in [-0.15, -0.1) is 0 Å². The summed E-state index contributed by atoms with van der Waals surface area (Å²) in [6.07, 6.45) is 6.66. The molecule has 0 aliphatic carbocycles. The van der Waals surface area contributed by atoms with Gasteiger partial charge in [0.2, 0.25) is 0 Å². The second-order valence-electron chi connectivity index (χ2n) is 6.85. The van der Waals surface area contributed by atoms with Crippen molar-refractivity contribution in [2.75, 3.05) is 19.8 Å². The van der Waals surface area contributed by atoms with Gasteiger partial charge < -0.3 is 9.47 Å². The van der Waals surface area contributed by atoms with E-state index in [0.29, 0.717) is 31.3 Å². The Morgan fingerprint density at radius 1 is 0.958 bits per heavy atom. The van der Waals surface area contributed by atoms with E-state index in [1.54, 1.807) is 0 Å². The van der Waals surface area contributed by atoms with E-state index >= 15 is 0 Å². The van der Waals surface area contributed by atoms with Crippen molar-refractivity contribution >= 4 is 5.97 Å². The zero-order valence-electron chi connectivity index (χ0n) is 15.9. The number of carbonyl (C=O) groups excluding carboxylic acids is 1. The van der Waals surface area contributed by atoms with Crippen molar-refractivity contribution in [3.05, 3.63) is 34.9 Å². The lowest BCUT2D eigenvalue weighted by Gasteiger charge is -2.11. The third kappa shape index (κ3) is 8.49. The largest absolute Gasteiger partial charge is 0.460 e. The van der Waals surface area contributed by atoms with Crippen molar-refractivity contribution in [3.8, 4) is 0 Å². The van der Waals surface area contributed by atoms with Gasteiger partial charge in [0, 0.05) is 6.61 Å². The van der Waals surface area contributed by atoms with E-state index in [9.17, 15) is 4.79 Å². The van der Waals surface area contributed by atoms with Crippen LogP contribution in [0.3, 0.4) is 0 Å². The van der Waals surface area contributed by atoms with Gasteiger partial charge in [0.15, 0.2) is 0 Å². The van der Waals surface area contributed by atoms with Crippen molar-refractivity contribution in [1.29, 1.82) is 0 Å². The molecule has 3 heteroatoms. The van der Waals surface area contributed by atoms with Gasteiger partial charge in [-0.1, -0.05) is 46.6 Å². The Labute approximate surface area is 147 Å². The first-order chi connectivity index (χ1) is 11.6. The minimum atomic E-state index is -0.237. The highest BCUT2D eigenvalue weighted by Gasteiger charge is 2.10. The first-order valence-electron chi connectivity index (χ1n) is 9.44. The van der Waals surface area contributed by atoms with Crippen LogP contribution in [0.1, 0.15) is 74.9 Å². The second kappa shape index (κ2) is 12.1. The molecule has 0 heterocycles. The van der Waals surface area contributed by atoms with Gasteiger partial charge in [0.1, 0.15) is 6.61 Å². The predicted octanol–water partition coefficient (Wildman–Crippen LogP) is 5.20. The van der Waals surface area contributed by atoms with E-state index in [0.717, 1.165) is 38.5 Å². The van der Waals surface area contributed by atoms with Gasteiger partial charge in [0.05, 0.1) is 12.2 Å². The van der Waals surface area contributed by atoms with E-state index in [4.69, 9.17) is 9.47 Å². The number of hydrogen-bond acceptors (Lipinski definition) is 3. The summed E-state index contributed by atoms with van der Waals surface area (Å²) in [6, 6.07) is 6.22. The van der Waals surface area contributed by atoms with E-state index < -0.39 is 0 Å². The molecule has 1 rings (SSSR count). The molecule has 0 saturated heterocycles. The molecule has 1 aromatic carbocycles. The van der Waals surface area contributed by atoms with E-state index in [2.05, 4.69) is 33.8 Å². The minimum Gasteiger partial charge on any atom is -0.460 e. The zero-order valence-corrected chi connectivity index (χ0v) is 15.9. The summed E-state index contributed by atoms with van der Waals surface area (Å²) in [4.78, 5) is 12.3. The van der Waals surface area contributed by atoms with Crippen LogP contribution in [0.15, 0.2) is 18.2 Å². The van der Waals surface area contributed by atoms with Gasteiger partial charge in [-0.2, -0.15) is 0 Å². The second-order valence-corrected chi connectivity index (χ2v) is 6.85. The van der Waals surface area contributed by atoms with Gasteiger partial charge >= 0.3 is 5.97 Å². The number of aryl methyl sites for hydroxylation is 2. The fraction of sp³-hybridized carbons (Fsp3) is 0.667. The van der Waals surface area contributed by atoms with Crippen molar-refractivity contribution in [2.45, 2.75) is 66.2 Å². The fourth-order valence-electron chi connectivity index (χ4n) is 2.53. The number of esters is 1. The van der Waals surface area contributed by atoms with Gasteiger partial charge in [-0.25, -0.2) is 4.79 Å². The third-order valence-corrected chi connectivity index (χ3v) is 3.84. The maximum atomic E-state index is 12.3. The number of benzene rings is 1. The Bertz CT molecular complexity index is 454. The molecule has 0 aliphatic rings. The van der Waals surface area contributed by atoms with E-state index in [-0.39, 0.29) is 5.97 Å². The number of carbonyl (C=O) groups is 1. The highest BCUT2D eigenvalue weighted by atomic mass is 16.6. The molecular weight excluding hydrogens is 300 g/mol. The van der Waals surface area contributed by atoms with Crippen molar-refractivity contribution in [2.24, 2.45) is 5.92 Å². The molecule has 0 spiro atoms. The standard InChI is InChI=1S/C21H34O3/c1-5-7-9-18-13-19(10-8-6-2)15-20(14-18)21(22)24-12-11-23-16-17(3)4/h13-15,17H,5-12,16H2,1-4H3. The monoisotopic (exact) mass is 334 g/mol. The molecule has 0 saturated carbocycles. The molecule has 0 amide bonds. The minimum absolute atomic E-state index is 0.237. The smallest absolute Gasteiger partial charge is 0.338 e. The summed E-state index contributed by atoms with van der Waals surface area (Å²) in [5, 5.41) is 0. The maximum absolute atomic E-state index is 12.3. The normalized spacial score (nSPS) is 11.0. The number of hydrogen-bond donors (Lipinski definition) is 0. The van der Waals surface area contributed by atoms with Crippen LogP contribution < -0.4 is 0 Å². The number of rotatable bonds is 12. The lowest BCUT2D eigenvalue weighted by atomic mass is 9.99. The molecule has 3 nitrogen and oxygen atoms in total. The quantitative estimate of drug-likeness (QED) is 0.389. The Hall–Kier alpha value is -1.35. The molecule has 0 unspecified atom stereocenters. The van der Waals surface area contributed by atoms with Crippen LogP contribution in [0.5, 0.6) is 0 Å². The van der Waals surface area contributed by atoms with Crippen molar-refractivity contribution in [3.63, 3.8) is 0 Å². The van der Waals surface area contributed by atoms with Crippen molar-refractivity contribution in [1.82, 2.24) is 0 Å². The van der Waals surface area contributed by atoms with Crippen LogP contribution >= 0.6 is 0 Å². The Balaban J connectivity index is 2.63. The highest BCUT2D eigenvalue weighted by molar-refractivity contribution is 5.89. The Kier molecular flexibility index (Phi) is 10.4. The average molecular weight is 335 g/mol. The molecule has 0 bridgehead atoms. The third-order valence-electron chi connectivity index (χ3n) is 3.84. The van der Waals surface area contributed by atoms with Crippen molar-refractivity contribution < 1.29 is 14.3 Å². The molecule has 0 fully saturated rings. The summed E-state index contributed by atoms with van der Waals surface area (Å²) >= 11 is 0. The molecule has 0 atom stereocenters. The molecule has 1 aromatic rings. The summed E-state index contributed by atoms with van der Waals surface area (Å²) in [6.45, 7) is 10.1. The maximum Gasteiger partial charge on any atom is 0.338 e. The summed E-state index contributed by atoms with van der Waals surface area (Å²) in [7, 11) is 0. The van der Waals surface area contributed by atoms with E-state index in [1.807, 2.05) is 12.1 Å². The summed E-state index contributed by atoms with van der Waals surface area (Å²) in [5.74, 6) is 0.260. The SMILES string of the molecule is CCCCc1cc(CCCC)cc(C(=O)OCCOCC(C)C)c1. The fourth-order valence-corrected chi connectivity index (χ4v) is 2.53. The molecule has 0 aliphatic heterocycles. The first-order valence-corrected chi connectivity index (χ1v) is 9.44. The van der Waals surface area contributed by atoms with Crippen LogP contribution in [0.2, 0.25) is 0 Å². The topological polar surface area (TPSA) is 35.5 Å². The van der Waals surface area contributed by atoms with Gasteiger partial charge in [-0.3, -0.25) is 0 Å². The molecular formula is C21H34O3. The highest BCUT2D eigenvalue weighted by Crippen LogP contribution is 2.16. The molecule has 24 heavy (non-hydrogen) atoms. The number of ether oxygens (including phenoxy) is 2.